The minimum Gasteiger partial charge on any atom is -0.497 e. The van der Waals surface area contributed by atoms with Crippen LogP contribution in [0.3, 0.4) is 0 Å². The largest absolute Gasteiger partial charge is 0.497 e. The van der Waals surface area contributed by atoms with Gasteiger partial charge in [-0.1, -0.05) is 12.1 Å². The van der Waals surface area contributed by atoms with Crippen LogP contribution in [-0.4, -0.2) is 39.8 Å². The van der Waals surface area contributed by atoms with Crippen LogP contribution in [0.2, 0.25) is 0 Å². The smallest absolute Gasteiger partial charge is 0.273 e. The van der Waals surface area contributed by atoms with Crippen molar-refractivity contribution >= 4 is 21.6 Å². The highest BCUT2D eigenvalue weighted by Gasteiger charge is 2.36. The van der Waals surface area contributed by atoms with Gasteiger partial charge < -0.3 is 14.8 Å². The fraction of sp³-hybridized carbons (Fsp3) is 0.235. The zero-order valence-electron chi connectivity index (χ0n) is 14.5. The Bertz CT molecular complexity index is 945. The minimum absolute atomic E-state index is 0.368. The van der Waals surface area contributed by atoms with Gasteiger partial charge in [0.05, 0.1) is 26.0 Å². The number of amides is 1. The summed E-state index contributed by atoms with van der Waals surface area (Å²) in [7, 11) is -0.659. The van der Waals surface area contributed by atoms with Crippen molar-refractivity contribution in [3.63, 3.8) is 0 Å². The molecule has 138 valence electrons. The van der Waals surface area contributed by atoms with Crippen LogP contribution in [0.1, 0.15) is 22.1 Å². The Kier molecular flexibility index (Phi) is 4.75. The van der Waals surface area contributed by atoms with Gasteiger partial charge in [-0.05, 0) is 24.3 Å². The Hall–Kier alpha value is -2.78. The van der Waals surface area contributed by atoms with Gasteiger partial charge in [-0.25, -0.2) is 13.4 Å². The molecule has 9 heteroatoms. The molecule has 1 aliphatic heterocycles. The van der Waals surface area contributed by atoms with Gasteiger partial charge in [-0.15, -0.1) is 4.83 Å². The van der Waals surface area contributed by atoms with Crippen LogP contribution in [0, 0.1) is 0 Å². The van der Waals surface area contributed by atoms with Crippen molar-refractivity contribution in [3.8, 4) is 11.5 Å². The predicted molar refractivity (Wildman–Crippen MR) is 96.5 cm³/mol. The van der Waals surface area contributed by atoms with E-state index in [2.05, 4.69) is 10.1 Å². The molecule has 1 amide bonds. The fourth-order valence-corrected chi connectivity index (χ4v) is 3.33. The van der Waals surface area contributed by atoms with Gasteiger partial charge in [-0.3, -0.25) is 4.79 Å². The molecule has 0 aliphatic carbocycles. The van der Waals surface area contributed by atoms with E-state index in [0.717, 1.165) is 11.3 Å². The molecule has 2 N–H and O–H groups in total. The quantitative estimate of drug-likeness (QED) is 0.824. The van der Waals surface area contributed by atoms with Gasteiger partial charge in [0.15, 0.2) is 0 Å². The molecule has 8 nitrogen and oxygen atoms in total. The first-order valence-corrected chi connectivity index (χ1v) is 9.61. The molecule has 26 heavy (non-hydrogen) atoms. The Labute approximate surface area is 151 Å². The van der Waals surface area contributed by atoms with Crippen molar-refractivity contribution in [1.29, 1.82) is 0 Å². The topological polar surface area (TPSA) is 97.0 Å². The highest BCUT2D eigenvalue weighted by atomic mass is 32.2. The molecule has 2 aromatic carbocycles. The van der Waals surface area contributed by atoms with Gasteiger partial charge in [0.2, 0.25) is 10.0 Å². The van der Waals surface area contributed by atoms with Gasteiger partial charge in [0.25, 0.3) is 5.91 Å². The number of ether oxygens (including phenoxy) is 2. The molecule has 0 spiro atoms. The third-order valence-electron chi connectivity index (χ3n) is 3.93. The number of carbonyl (C=O) groups is 1. The molecule has 0 fully saturated rings. The summed E-state index contributed by atoms with van der Waals surface area (Å²) >= 11 is 0. The number of carbonyl (C=O) groups excluding carboxylic acids is 1. The maximum Gasteiger partial charge on any atom is 0.273 e. The monoisotopic (exact) mass is 377 g/mol. The highest BCUT2D eigenvalue weighted by Crippen LogP contribution is 2.37. The maximum atomic E-state index is 12.9. The zero-order valence-corrected chi connectivity index (χ0v) is 15.3. The maximum absolute atomic E-state index is 12.9. The van der Waals surface area contributed by atoms with Gasteiger partial charge in [0, 0.05) is 17.3 Å². The number of hydrogen-bond acceptors (Lipinski definition) is 6. The van der Waals surface area contributed by atoms with Crippen LogP contribution in [0.4, 0.5) is 5.69 Å². The number of fused-ring (bicyclic) bond motifs is 1. The van der Waals surface area contributed by atoms with Crippen molar-refractivity contribution in [3.05, 3.63) is 53.6 Å². The number of methoxy groups -OCH3 is 2. The standard InChI is InChI=1S/C17H19N3O5S/c1-24-11-8-9-13(15(10-11)25-2)16-18-14-7-5-4-6-12(14)17(21)20(16)19-26(3,22)23/h4-10,16,18-19H,1-3H3/t16-/m1/s1. The number of nitrogens with zero attached hydrogens (tertiary/aromatic N) is 1. The molecule has 0 bridgehead atoms. The van der Waals surface area contributed by atoms with Crippen LogP contribution in [0.15, 0.2) is 42.5 Å². The average molecular weight is 377 g/mol. The van der Waals surface area contributed by atoms with Crippen molar-refractivity contribution < 1.29 is 22.7 Å². The van der Waals surface area contributed by atoms with Crippen molar-refractivity contribution in [1.82, 2.24) is 9.84 Å². The Morgan fingerprint density at radius 1 is 1.12 bits per heavy atom. The summed E-state index contributed by atoms with van der Waals surface area (Å²) in [5, 5.41) is 4.23. The van der Waals surface area contributed by atoms with Crippen LogP contribution < -0.4 is 19.6 Å². The summed E-state index contributed by atoms with van der Waals surface area (Å²) in [5.41, 5.74) is 1.55. The van der Waals surface area contributed by atoms with Crippen molar-refractivity contribution in [2.45, 2.75) is 6.17 Å². The average Bonchev–Trinajstić information content (AvgIpc) is 2.62. The van der Waals surface area contributed by atoms with Gasteiger partial charge in [0.1, 0.15) is 17.7 Å². The van der Waals surface area contributed by atoms with Crippen molar-refractivity contribution in [2.24, 2.45) is 0 Å². The van der Waals surface area contributed by atoms with E-state index in [1.165, 1.54) is 14.2 Å². The van der Waals surface area contributed by atoms with Crippen LogP contribution >= 0.6 is 0 Å². The third kappa shape index (κ3) is 3.44. The zero-order chi connectivity index (χ0) is 18.9. The van der Waals surface area contributed by atoms with E-state index in [1.54, 1.807) is 42.5 Å². The lowest BCUT2D eigenvalue weighted by Gasteiger charge is -2.37. The summed E-state index contributed by atoms with van der Waals surface area (Å²) in [6, 6.07) is 12.0. The summed E-state index contributed by atoms with van der Waals surface area (Å²) in [6.45, 7) is 0. The second-order valence-corrected chi connectivity index (χ2v) is 7.47. The Balaban J connectivity index is 2.12. The minimum atomic E-state index is -3.68. The van der Waals surface area contributed by atoms with E-state index in [4.69, 9.17) is 9.47 Å². The van der Waals surface area contributed by atoms with Gasteiger partial charge in [-0.2, -0.15) is 0 Å². The number of anilines is 1. The van der Waals surface area contributed by atoms with Crippen LogP contribution in [-0.2, 0) is 10.0 Å². The molecule has 0 aromatic heterocycles. The first kappa shape index (κ1) is 18.0. The fourth-order valence-electron chi connectivity index (χ4n) is 2.79. The number of nitrogens with one attached hydrogen (secondary N) is 2. The Morgan fingerprint density at radius 2 is 1.85 bits per heavy atom. The van der Waals surface area contributed by atoms with Crippen molar-refractivity contribution in [2.75, 3.05) is 25.8 Å². The molecule has 0 saturated heterocycles. The van der Waals surface area contributed by atoms with E-state index >= 15 is 0 Å². The Morgan fingerprint density at radius 3 is 2.50 bits per heavy atom. The molecular weight excluding hydrogens is 358 g/mol. The SMILES string of the molecule is COc1ccc([C@@H]2Nc3ccccc3C(=O)N2NS(C)(=O)=O)c(OC)c1. The first-order valence-electron chi connectivity index (χ1n) is 7.72. The molecule has 1 aliphatic rings. The first-order chi connectivity index (χ1) is 12.3. The molecule has 1 heterocycles. The molecule has 3 rings (SSSR count). The van der Waals surface area contributed by atoms with Gasteiger partial charge >= 0.3 is 0 Å². The van der Waals surface area contributed by atoms with E-state index in [1.807, 2.05) is 0 Å². The number of rotatable bonds is 5. The molecule has 1 atom stereocenters. The number of para-hydroxylation sites is 1. The third-order valence-corrected chi connectivity index (χ3v) is 4.45. The normalized spacial score (nSPS) is 16.7. The lowest BCUT2D eigenvalue weighted by molar-refractivity contribution is 0.0631. The van der Waals surface area contributed by atoms with E-state index < -0.39 is 22.1 Å². The number of hydrogen-bond donors (Lipinski definition) is 2. The summed E-state index contributed by atoms with van der Waals surface area (Å²) < 4.78 is 34.2. The van der Waals surface area contributed by atoms with Crippen LogP contribution in [0.5, 0.6) is 11.5 Å². The van der Waals surface area contributed by atoms with Crippen LogP contribution in [0.25, 0.3) is 0 Å². The summed E-state index contributed by atoms with van der Waals surface area (Å²) in [4.78, 5) is 15.2. The summed E-state index contributed by atoms with van der Waals surface area (Å²) in [6.07, 6.45) is 0.191. The molecular formula is C17H19N3O5S. The van der Waals surface area contributed by atoms with E-state index in [0.29, 0.717) is 28.3 Å². The predicted octanol–water partition coefficient (Wildman–Crippen LogP) is 1.73. The number of sulfonamides is 1. The summed E-state index contributed by atoms with van der Waals surface area (Å²) in [5.74, 6) is 0.567. The molecule has 0 unspecified atom stereocenters. The number of hydrazine groups is 1. The second-order valence-electron chi connectivity index (χ2n) is 5.74. The molecule has 0 radical (unpaired) electrons. The second kappa shape index (κ2) is 6.85. The molecule has 2 aromatic rings. The van der Waals surface area contributed by atoms with E-state index in [-0.39, 0.29) is 0 Å². The van der Waals surface area contributed by atoms with E-state index in [9.17, 15) is 13.2 Å². The highest BCUT2D eigenvalue weighted by molar-refractivity contribution is 7.88. The molecule has 0 saturated carbocycles. The number of benzene rings is 2. The lowest BCUT2D eigenvalue weighted by atomic mass is 10.0. The lowest BCUT2D eigenvalue weighted by Crippen LogP contribution is -2.52.